The Morgan fingerprint density at radius 3 is 2.89 bits per heavy atom. The lowest BCUT2D eigenvalue weighted by Gasteiger charge is -2.28. The molecule has 0 fully saturated rings. The van der Waals surface area contributed by atoms with Crippen molar-refractivity contribution in [1.29, 1.82) is 0 Å². The maximum atomic E-state index is 12.0. The minimum Gasteiger partial charge on any atom is -0.378 e. The Kier molecular flexibility index (Phi) is 3.79. The number of rotatable bonds is 3. The van der Waals surface area contributed by atoms with Crippen LogP contribution in [0.1, 0.15) is 12.5 Å². The first kappa shape index (κ1) is 13.5. The Balaban J connectivity index is 2.24. The van der Waals surface area contributed by atoms with Crippen LogP contribution in [0.5, 0.6) is 0 Å². The van der Waals surface area contributed by atoms with Crippen LogP contribution in [0.4, 0.5) is 11.4 Å². The van der Waals surface area contributed by atoms with Crippen LogP contribution in [-0.4, -0.2) is 26.5 Å². The molecule has 4 nitrogen and oxygen atoms in total. The summed E-state index contributed by atoms with van der Waals surface area (Å²) in [6, 6.07) is 6.24. The number of nitrogens with one attached hydrogen (secondary N) is 2. The Morgan fingerprint density at radius 2 is 2.26 bits per heavy atom. The molecule has 1 heterocycles. The molecule has 0 radical (unpaired) electrons. The Labute approximate surface area is 114 Å². The number of carbonyl (C=O) groups excluding carboxylic acids is 1. The van der Waals surface area contributed by atoms with Gasteiger partial charge in [-0.2, -0.15) is 0 Å². The predicted octanol–water partition coefficient (Wildman–Crippen LogP) is 1.99. The van der Waals surface area contributed by atoms with Crippen molar-refractivity contribution in [2.24, 2.45) is 5.92 Å². The molecule has 2 N–H and O–H groups in total. The number of nitrogens with zero attached hydrogens (tertiary/aromatic N) is 1. The van der Waals surface area contributed by atoms with Crippen molar-refractivity contribution < 1.29 is 4.79 Å². The van der Waals surface area contributed by atoms with E-state index in [1.807, 2.05) is 21.0 Å². The molecule has 1 aromatic carbocycles. The highest BCUT2D eigenvalue weighted by Crippen LogP contribution is 2.32. The molecular weight excluding hydrogens is 238 g/mol. The molecule has 1 aliphatic heterocycles. The lowest BCUT2D eigenvalue weighted by molar-refractivity contribution is -0.123. The number of anilines is 2. The molecule has 19 heavy (non-hydrogen) atoms. The highest BCUT2D eigenvalue weighted by atomic mass is 16.1. The zero-order chi connectivity index (χ0) is 14.0. The van der Waals surface area contributed by atoms with Crippen molar-refractivity contribution in [3.8, 4) is 0 Å². The lowest BCUT2D eigenvalue weighted by atomic mass is 9.90. The second-order valence-electron chi connectivity index (χ2n) is 5.04. The van der Waals surface area contributed by atoms with Crippen LogP contribution in [0.15, 0.2) is 30.5 Å². The van der Waals surface area contributed by atoms with E-state index in [0.29, 0.717) is 13.0 Å². The normalized spacial score (nSPS) is 17.4. The van der Waals surface area contributed by atoms with Crippen LogP contribution >= 0.6 is 0 Å². The van der Waals surface area contributed by atoms with Crippen LogP contribution in [0.3, 0.4) is 0 Å². The van der Waals surface area contributed by atoms with Gasteiger partial charge in [0, 0.05) is 37.7 Å². The topological polar surface area (TPSA) is 44.4 Å². The third-order valence-electron chi connectivity index (χ3n) is 3.42. The van der Waals surface area contributed by atoms with Crippen LogP contribution in [0.2, 0.25) is 0 Å². The average Bonchev–Trinajstić information content (AvgIpc) is 2.37. The van der Waals surface area contributed by atoms with Gasteiger partial charge in [0.05, 0.1) is 5.92 Å². The molecule has 4 heteroatoms. The summed E-state index contributed by atoms with van der Waals surface area (Å²) in [4.78, 5) is 14.0. The standard InChI is InChI=1S/C15H21N3O/c1-5-16-15(19)13-8-11-6-7-12(18(3)4)9-14(11)17-10(13)2/h6-7,9,13,17H,2,5,8H2,1,3-4H3,(H,16,19). The molecule has 1 aliphatic rings. The molecule has 1 atom stereocenters. The van der Waals surface area contributed by atoms with Crippen LogP contribution in [-0.2, 0) is 11.2 Å². The molecule has 0 aliphatic carbocycles. The van der Waals surface area contributed by atoms with Gasteiger partial charge >= 0.3 is 0 Å². The Morgan fingerprint density at radius 1 is 1.53 bits per heavy atom. The van der Waals surface area contributed by atoms with Gasteiger partial charge in [-0.3, -0.25) is 4.79 Å². The molecule has 2 rings (SSSR count). The van der Waals surface area contributed by atoms with Crippen molar-refractivity contribution in [2.75, 3.05) is 30.9 Å². The highest BCUT2D eigenvalue weighted by Gasteiger charge is 2.27. The van der Waals surface area contributed by atoms with E-state index < -0.39 is 0 Å². The minimum absolute atomic E-state index is 0.0438. The van der Waals surface area contributed by atoms with Crippen molar-refractivity contribution in [2.45, 2.75) is 13.3 Å². The largest absolute Gasteiger partial charge is 0.378 e. The molecule has 1 amide bonds. The number of benzene rings is 1. The summed E-state index contributed by atoms with van der Waals surface area (Å²) in [7, 11) is 4.02. The number of fused-ring (bicyclic) bond motifs is 1. The summed E-state index contributed by atoms with van der Waals surface area (Å²) in [6.45, 7) is 6.56. The van der Waals surface area contributed by atoms with Gasteiger partial charge in [0.25, 0.3) is 0 Å². The molecule has 1 unspecified atom stereocenters. The number of hydrogen-bond donors (Lipinski definition) is 2. The van der Waals surface area contributed by atoms with E-state index in [1.165, 1.54) is 0 Å². The van der Waals surface area contributed by atoms with Crippen molar-refractivity contribution >= 4 is 17.3 Å². The summed E-state index contributed by atoms with van der Waals surface area (Å²) in [5.41, 5.74) is 4.12. The van der Waals surface area contributed by atoms with Crippen molar-refractivity contribution in [3.05, 3.63) is 36.0 Å². The summed E-state index contributed by atoms with van der Waals surface area (Å²) >= 11 is 0. The number of amides is 1. The average molecular weight is 259 g/mol. The van der Waals surface area contributed by atoms with E-state index >= 15 is 0 Å². The second kappa shape index (κ2) is 5.34. The summed E-state index contributed by atoms with van der Waals surface area (Å²) in [5.74, 6) is -0.139. The maximum absolute atomic E-state index is 12.0. The third kappa shape index (κ3) is 2.72. The summed E-state index contributed by atoms with van der Waals surface area (Å²) in [6.07, 6.45) is 0.709. The monoisotopic (exact) mass is 259 g/mol. The fourth-order valence-corrected chi connectivity index (χ4v) is 2.29. The van der Waals surface area contributed by atoms with Gasteiger partial charge < -0.3 is 15.5 Å². The SMILES string of the molecule is C=C1Nc2cc(N(C)C)ccc2CC1C(=O)NCC. The Bertz CT molecular complexity index is 508. The lowest BCUT2D eigenvalue weighted by Crippen LogP contribution is -2.36. The molecule has 102 valence electrons. The fraction of sp³-hybridized carbons (Fsp3) is 0.400. The summed E-state index contributed by atoms with van der Waals surface area (Å²) in [5, 5.41) is 6.12. The molecule has 1 aromatic rings. The smallest absolute Gasteiger partial charge is 0.229 e. The van der Waals surface area contributed by atoms with E-state index in [9.17, 15) is 4.79 Å². The summed E-state index contributed by atoms with van der Waals surface area (Å²) < 4.78 is 0. The quantitative estimate of drug-likeness (QED) is 0.872. The van der Waals surface area contributed by atoms with Crippen molar-refractivity contribution in [3.63, 3.8) is 0 Å². The maximum Gasteiger partial charge on any atom is 0.229 e. The van der Waals surface area contributed by atoms with Gasteiger partial charge in [0.1, 0.15) is 0 Å². The second-order valence-corrected chi connectivity index (χ2v) is 5.04. The molecule has 0 aromatic heterocycles. The molecule has 0 spiro atoms. The Hall–Kier alpha value is -1.97. The van der Waals surface area contributed by atoms with E-state index in [-0.39, 0.29) is 11.8 Å². The van der Waals surface area contributed by atoms with Gasteiger partial charge in [-0.05, 0) is 31.0 Å². The van der Waals surface area contributed by atoms with Crippen LogP contribution < -0.4 is 15.5 Å². The number of carbonyl (C=O) groups is 1. The molecule has 0 bridgehead atoms. The van der Waals surface area contributed by atoms with Gasteiger partial charge in [-0.1, -0.05) is 12.6 Å². The molecule has 0 saturated heterocycles. The first-order chi connectivity index (χ1) is 9.02. The van der Waals surface area contributed by atoms with Gasteiger partial charge in [0.2, 0.25) is 5.91 Å². The molecular formula is C15H21N3O. The predicted molar refractivity (Wildman–Crippen MR) is 79.4 cm³/mol. The van der Waals surface area contributed by atoms with E-state index in [2.05, 4.69) is 40.3 Å². The van der Waals surface area contributed by atoms with Gasteiger partial charge in [-0.15, -0.1) is 0 Å². The fourth-order valence-electron chi connectivity index (χ4n) is 2.29. The van der Waals surface area contributed by atoms with Gasteiger partial charge in [0.15, 0.2) is 0 Å². The van der Waals surface area contributed by atoms with E-state index in [1.54, 1.807) is 0 Å². The van der Waals surface area contributed by atoms with Crippen LogP contribution in [0, 0.1) is 5.92 Å². The minimum atomic E-state index is -0.183. The molecule has 0 saturated carbocycles. The third-order valence-corrected chi connectivity index (χ3v) is 3.42. The van der Waals surface area contributed by atoms with E-state index in [4.69, 9.17) is 0 Å². The van der Waals surface area contributed by atoms with Gasteiger partial charge in [-0.25, -0.2) is 0 Å². The van der Waals surface area contributed by atoms with Crippen LogP contribution in [0.25, 0.3) is 0 Å². The zero-order valence-electron chi connectivity index (χ0n) is 11.8. The van der Waals surface area contributed by atoms with Crippen molar-refractivity contribution in [1.82, 2.24) is 5.32 Å². The first-order valence-electron chi connectivity index (χ1n) is 6.56. The first-order valence-corrected chi connectivity index (χ1v) is 6.56. The highest BCUT2D eigenvalue weighted by molar-refractivity contribution is 5.84. The number of hydrogen-bond acceptors (Lipinski definition) is 3. The van der Waals surface area contributed by atoms with E-state index in [0.717, 1.165) is 22.6 Å². The zero-order valence-corrected chi connectivity index (χ0v) is 11.8.